The van der Waals surface area contributed by atoms with E-state index in [1.54, 1.807) is 6.08 Å². The van der Waals surface area contributed by atoms with Crippen molar-refractivity contribution in [3.63, 3.8) is 0 Å². The quantitative estimate of drug-likeness (QED) is 0.460. The van der Waals surface area contributed by atoms with Gasteiger partial charge in [0.25, 0.3) is 0 Å². The molecule has 5 nitrogen and oxygen atoms in total. The van der Waals surface area contributed by atoms with E-state index >= 15 is 0 Å². The number of ether oxygens (including phenoxy) is 1. The van der Waals surface area contributed by atoms with Gasteiger partial charge in [-0.25, -0.2) is 4.98 Å². The lowest BCUT2D eigenvalue weighted by Gasteiger charge is -2.07. The van der Waals surface area contributed by atoms with Gasteiger partial charge in [0.05, 0.1) is 6.42 Å². The molecule has 0 fully saturated rings. The van der Waals surface area contributed by atoms with Crippen LogP contribution < -0.4 is 4.74 Å². The molecule has 0 unspecified atom stereocenters. The number of para-hydroxylation sites is 2. The van der Waals surface area contributed by atoms with Crippen LogP contribution in [0, 0.1) is 0 Å². The molecule has 0 radical (unpaired) electrons. The summed E-state index contributed by atoms with van der Waals surface area (Å²) in [5.74, 6) is 0.0639. The van der Waals surface area contributed by atoms with E-state index < -0.39 is 5.97 Å². The zero-order valence-corrected chi connectivity index (χ0v) is 15.6. The van der Waals surface area contributed by atoms with Crippen LogP contribution in [-0.2, 0) is 11.4 Å². The number of aliphatic carboxylic acids is 1. The Morgan fingerprint density at radius 1 is 1.00 bits per heavy atom. The van der Waals surface area contributed by atoms with Crippen LogP contribution in [-0.4, -0.2) is 16.1 Å². The highest BCUT2D eigenvalue weighted by atomic mass is 16.5. The van der Waals surface area contributed by atoms with Crippen LogP contribution in [0.2, 0.25) is 0 Å². The molecule has 0 aliphatic rings. The minimum Gasteiger partial charge on any atom is -0.489 e. The van der Waals surface area contributed by atoms with E-state index in [2.05, 4.69) is 4.98 Å². The monoisotopic (exact) mass is 385 g/mol. The van der Waals surface area contributed by atoms with Gasteiger partial charge in [-0.05, 0) is 41.5 Å². The Kier molecular flexibility index (Phi) is 5.38. The Hall–Kier alpha value is -3.86. The Balaban J connectivity index is 1.61. The van der Waals surface area contributed by atoms with Gasteiger partial charge in [-0.3, -0.25) is 4.79 Å². The minimum atomic E-state index is -0.949. The largest absolute Gasteiger partial charge is 0.489 e. The summed E-state index contributed by atoms with van der Waals surface area (Å²) >= 11 is 0. The summed E-state index contributed by atoms with van der Waals surface area (Å²) in [7, 11) is 0. The molecule has 0 spiro atoms. The highest BCUT2D eigenvalue weighted by Crippen LogP contribution is 2.26. The lowest BCUT2D eigenvalue weighted by molar-refractivity contribution is -0.135. The zero-order valence-electron chi connectivity index (χ0n) is 15.6. The maximum atomic E-state index is 11.4. The zero-order chi connectivity index (χ0) is 20.1. The Morgan fingerprint density at radius 2 is 1.79 bits per heavy atom. The smallest absolute Gasteiger partial charge is 0.308 e. The lowest BCUT2D eigenvalue weighted by Crippen LogP contribution is -1.98. The van der Waals surface area contributed by atoms with Gasteiger partial charge in [-0.15, -0.1) is 0 Å². The fourth-order valence-electron chi connectivity index (χ4n) is 3.00. The molecular formula is C24H19NO4. The highest BCUT2D eigenvalue weighted by molar-refractivity contribution is 5.91. The Morgan fingerprint density at radius 3 is 2.59 bits per heavy atom. The third-order valence-corrected chi connectivity index (χ3v) is 4.36. The molecule has 0 aliphatic carbocycles. The summed E-state index contributed by atoms with van der Waals surface area (Å²) in [5.41, 5.74) is 3.70. The predicted molar refractivity (Wildman–Crippen MR) is 111 cm³/mol. The Labute approximate surface area is 167 Å². The first-order valence-corrected chi connectivity index (χ1v) is 9.22. The van der Waals surface area contributed by atoms with Crippen LogP contribution >= 0.6 is 0 Å². The van der Waals surface area contributed by atoms with Gasteiger partial charge in [0.2, 0.25) is 5.89 Å². The molecular weight excluding hydrogens is 366 g/mol. The maximum absolute atomic E-state index is 11.4. The van der Waals surface area contributed by atoms with E-state index in [9.17, 15) is 9.90 Å². The summed E-state index contributed by atoms with van der Waals surface area (Å²) < 4.78 is 11.6. The van der Waals surface area contributed by atoms with Crippen molar-refractivity contribution >= 4 is 28.7 Å². The molecule has 1 aromatic heterocycles. The second-order valence-corrected chi connectivity index (χ2v) is 6.57. The van der Waals surface area contributed by atoms with Crippen molar-refractivity contribution in [2.24, 2.45) is 0 Å². The molecule has 4 rings (SSSR count). The third-order valence-electron chi connectivity index (χ3n) is 4.36. The number of hydrogen-bond donors (Lipinski definition) is 1. The van der Waals surface area contributed by atoms with Crippen molar-refractivity contribution in [2.75, 3.05) is 0 Å². The first kappa shape index (κ1) is 18.5. The summed E-state index contributed by atoms with van der Waals surface area (Å²) in [6.45, 7) is 0.459. The van der Waals surface area contributed by atoms with Gasteiger partial charge in [-0.2, -0.15) is 0 Å². The van der Waals surface area contributed by atoms with E-state index in [1.807, 2.05) is 78.9 Å². The number of carboxylic acid groups (broad SMARTS) is 1. The molecule has 29 heavy (non-hydrogen) atoms. The molecule has 0 amide bonds. The van der Waals surface area contributed by atoms with Crippen molar-refractivity contribution in [1.82, 2.24) is 4.98 Å². The van der Waals surface area contributed by atoms with Gasteiger partial charge in [0, 0.05) is 5.57 Å². The number of carboxylic acids is 1. The molecule has 3 aromatic carbocycles. The number of carbonyl (C=O) groups is 1. The summed E-state index contributed by atoms with van der Waals surface area (Å²) in [6, 6.07) is 24.8. The summed E-state index contributed by atoms with van der Waals surface area (Å²) in [4.78, 5) is 15.8. The second kappa shape index (κ2) is 8.44. The first-order chi connectivity index (χ1) is 14.2. The van der Waals surface area contributed by atoms with E-state index in [4.69, 9.17) is 9.15 Å². The standard InChI is InChI=1S/C24H19NO4/c26-23(27)15-19(24-25-21-11-4-5-12-22(21)29-24)13-18-9-6-10-20(14-18)28-16-17-7-2-1-3-8-17/h1-14H,15-16H2,(H,26,27)/b19-13+. The average Bonchev–Trinajstić information content (AvgIpc) is 3.17. The molecule has 0 atom stereocenters. The van der Waals surface area contributed by atoms with Crippen molar-refractivity contribution in [1.29, 1.82) is 0 Å². The first-order valence-electron chi connectivity index (χ1n) is 9.22. The van der Waals surface area contributed by atoms with Gasteiger partial charge < -0.3 is 14.3 Å². The van der Waals surface area contributed by atoms with Crippen molar-refractivity contribution < 1.29 is 19.1 Å². The molecule has 0 aliphatic heterocycles. The Bertz CT molecular complexity index is 1130. The fourth-order valence-corrected chi connectivity index (χ4v) is 3.00. The van der Waals surface area contributed by atoms with Gasteiger partial charge in [0.1, 0.15) is 17.9 Å². The van der Waals surface area contributed by atoms with E-state index in [-0.39, 0.29) is 6.42 Å². The topological polar surface area (TPSA) is 72.6 Å². The summed E-state index contributed by atoms with van der Waals surface area (Å²) in [5, 5.41) is 9.33. The maximum Gasteiger partial charge on any atom is 0.308 e. The second-order valence-electron chi connectivity index (χ2n) is 6.57. The van der Waals surface area contributed by atoms with Gasteiger partial charge in [0.15, 0.2) is 5.58 Å². The number of fused-ring (bicyclic) bond motifs is 1. The molecule has 1 N–H and O–H groups in total. The van der Waals surface area contributed by atoms with E-state index in [0.29, 0.717) is 34.9 Å². The number of benzene rings is 3. The number of rotatable bonds is 7. The normalized spacial score (nSPS) is 11.5. The molecule has 5 heteroatoms. The number of oxazole rings is 1. The van der Waals surface area contributed by atoms with Crippen molar-refractivity contribution in [3.05, 3.63) is 95.9 Å². The van der Waals surface area contributed by atoms with E-state index in [1.165, 1.54) is 0 Å². The number of hydrogen-bond acceptors (Lipinski definition) is 4. The van der Waals surface area contributed by atoms with Crippen LogP contribution in [0.1, 0.15) is 23.4 Å². The van der Waals surface area contributed by atoms with Gasteiger partial charge >= 0.3 is 5.97 Å². The summed E-state index contributed by atoms with van der Waals surface area (Å²) in [6.07, 6.45) is 1.58. The number of aromatic nitrogens is 1. The highest BCUT2D eigenvalue weighted by Gasteiger charge is 2.14. The number of nitrogens with zero attached hydrogens (tertiary/aromatic N) is 1. The molecule has 1 heterocycles. The molecule has 0 bridgehead atoms. The fraction of sp³-hybridized carbons (Fsp3) is 0.0833. The SMILES string of the molecule is O=C(O)C/C(=C\c1cccc(OCc2ccccc2)c1)c1nc2ccccc2o1. The lowest BCUT2D eigenvalue weighted by atomic mass is 10.1. The predicted octanol–water partition coefficient (Wildman–Crippen LogP) is 5.42. The molecule has 0 saturated heterocycles. The van der Waals surface area contributed by atoms with Crippen LogP contribution in [0.25, 0.3) is 22.7 Å². The van der Waals surface area contributed by atoms with Crippen molar-refractivity contribution in [3.8, 4) is 5.75 Å². The molecule has 4 aromatic rings. The van der Waals surface area contributed by atoms with Crippen molar-refractivity contribution in [2.45, 2.75) is 13.0 Å². The third kappa shape index (κ3) is 4.71. The van der Waals surface area contributed by atoms with Gasteiger partial charge in [-0.1, -0.05) is 54.6 Å². The average molecular weight is 385 g/mol. The van der Waals surface area contributed by atoms with Crippen LogP contribution in [0.5, 0.6) is 5.75 Å². The molecule has 0 saturated carbocycles. The van der Waals surface area contributed by atoms with E-state index in [0.717, 1.165) is 11.1 Å². The minimum absolute atomic E-state index is 0.193. The molecule has 144 valence electrons. The van der Waals surface area contributed by atoms with Crippen LogP contribution in [0.3, 0.4) is 0 Å². The van der Waals surface area contributed by atoms with Crippen LogP contribution in [0.4, 0.5) is 0 Å². The van der Waals surface area contributed by atoms with Crippen LogP contribution in [0.15, 0.2) is 83.3 Å².